The van der Waals surface area contributed by atoms with Crippen molar-refractivity contribution in [1.82, 2.24) is 14.8 Å². The number of H-pyrrole nitrogens is 1. The number of nitrogens with zero attached hydrogens (tertiary/aromatic N) is 2. The van der Waals surface area contributed by atoms with Gasteiger partial charge in [-0.3, -0.25) is 4.57 Å². The first-order valence-corrected chi connectivity index (χ1v) is 5.42. The molecular weight excluding hydrogens is 200 g/mol. The lowest BCUT2D eigenvalue weighted by molar-refractivity contribution is 0.658. The van der Waals surface area contributed by atoms with Crippen molar-refractivity contribution in [3.05, 3.63) is 10.5 Å². The fourth-order valence-electron chi connectivity index (χ4n) is 1.19. The highest BCUT2D eigenvalue weighted by molar-refractivity contribution is 7.99. The van der Waals surface area contributed by atoms with Crippen molar-refractivity contribution in [3.63, 3.8) is 0 Å². The van der Waals surface area contributed by atoms with Gasteiger partial charge in [-0.15, -0.1) is 5.10 Å². The van der Waals surface area contributed by atoms with Gasteiger partial charge in [-0.1, -0.05) is 18.7 Å². The quantitative estimate of drug-likeness (QED) is 0.711. The maximum absolute atomic E-state index is 11.1. The van der Waals surface area contributed by atoms with Crippen LogP contribution in [-0.4, -0.2) is 26.1 Å². The molecule has 2 atom stereocenters. The van der Waals surface area contributed by atoms with E-state index in [4.69, 9.17) is 5.73 Å². The number of rotatable bonds is 4. The van der Waals surface area contributed by atoms with Crippen molar-refractivity contribution >= 4 is 11.8 Å². The zero-order valence-electron chi connectivity index (χ0n) is 8.65. The molecule has 0 saturated heterocycles. The first-order valence-electron chi connectivity index (χ1n) is 4.54. The summed E-state index contributed by atoms with van der Waals surface area (Å²) < 4.78 is 1.50. The molecule has 5 nitrogen and oxygen atoms in total. The van der Waals surface area contributed by atoms with Crippen molar-refractivity contribution in [1.29, 1.82) is 0 Å². The van der Waals surface area contributed by atoms with Crippen molar-refractivity contribution < 1.29 is 0 Å². The van der Waals surface area contributed by atoms with E-state index in [1.165, 1.54) is 4.57 Å². The minimum atomic E-state index is -0.180. The number of hydrogen-bond donors (Lipinski definition) is 2. The lowest BCUT2D eigenvalue weighted by Gasteiger charge is -2.11. The molecule has 14 heavy (non-hydrogen) atoms. The second-order valence-corrected chi connectivity index (χ2v) is 4.92. The number of aromatic nitrogens is 3. The van der Waals surface area contributed by atoms with Crippen molar-refractivity contribution in [3.8, 4) is 0 Å². The zero-order chi connectivity index (χ0) is 10.7. The van der Waals surface area contributed by atoms with Crippen LogP contribution >= 0.6 is 11.8 Å². The molecule has 0 aromatic carbocycles. The van der Waals surface area contributed by atoms with E-state index in [-0.39, 0.29) is 11.7 Å². The largest absolute Gasteiger partial charge is 0.343 e. The Morgan fingerprint density at radius 1 is 1.64 bits per heavy atom. The number of nitrogens with two attached hydrogens (primary N) is 1. The average molecular weight is 216 g/mol. The van der Waals surface area contributed by atoms with Gasteiger partial charge in [-0.25, -0.2) is 9.89 Å². The van der Waals surface area contributed by atoms with E-state index >= 15 is 0 Å². The van der Waals surface area contributed by atoms with Crippen LogP contribution in [0.25, 0.3) is 0 Å². The highest BCUT2D eigenvalue weighted by atomic mass is 32.2. The van der Waals surface area contributed by atoms with Gasteiger partial charge in [0.2, 0.25) is 0 Å². The molecule has 0 bridgehead atoms. The lowest BCUT2D eigenvalue weighted by Crippen LogP contribution is -2.20. The van der Waals surface area contributed by atoms with E-state index in [1.807, 2.05) is 6.92 Å². The van der Waals surface area contributed by atoms with Crippen LogP contribution in [0.5, 0.6) is 0 Å². The lowest BCUT2D eigenvalue weighted by atomic mass is 10.2. The maximum atomic E-state index is 11.1. The van der Waals surface area contributed by atoms with Gasteiger partial charge in [-0.2, -0.15) is 0 Å². The summed E-state index contributed by atoms with van der Waals surface area (Å²) in [6, 6.07) is 0.175. The summed E-state index contributed by atoms with van der Waals surface area (Å²) in [6.07, 6.45) is 0.908. The summed E-state index contributed by atoms with van der Waals surface area (Å²) in [5, 5.41) is 7.39. The molecule has 0 saturated carbocycles. The Labute approximate surface area is 87.1 Å². The third-order valence-electron chi connectivity index (χ3n) is 1.85. The van der Waals surface area contributed by atoms with Gasteiger partial charge in [0, 0.05) is 18.3 Å². The highest BCUT2D eigenvalue weighted by Crippen LogP contribution is 2.21. The predicted molar refractivity (Wildman–Crippen MR) is 57.4 cm³/mol. The molecular formula is C8H16N4OS. The average Bonchev–Trinajstić information content (AvgIpc) is 2.34. The summed E-state index contributed by atoms with van der Waals surface area (Å²) in [5.41, 5.74) is 5.50. The van der Waals surface area contributed by atoms with Gasteiger partial charge in [0.25, 0.3) is 0 Å². The summed E-state index contributed by atoms with van der Waals surface area (Å²) >= 11 is 1.56. The molecule has 0 aliphatic carbocycles. The molecule has 0 fully saturated rings. The van der Waals surface area contributed by atoms with Crippen LogP contribution in [0.15, 0.2) is 9.95 Å². The molecule has 1 rings (SSSR count). The third-order valence-corrected chi connectivity index (χ3v) is 3.02. The monoisotopic (exact) mass is 216 g/mol. The zero-order valence-corrected chi connectivity index (χ0v) is 9.47. The first-order chi connectivity index (χ1) is 6.50. The smallest absolute Gasteiger partial charge is 0.328 e. The third kappa shape index (κ3) is 2.88. The molecule has 0 aliphatic rings. The molecule has 0 radical (unpaired) electrons. The Balaban J connectivity index is 2.60. The number of nitrogens with one attached hydrogen (secondary N) is 1. The van der Waals surface area contributed by atoms with E-state index in [0.717, 1.165) is 6.42 Å². The molecule has 1 aromatic rings. The Bertz CT molecular complexity index is 343. The Kier molecular flexibility index (Phi) is 3.77. The van der Waals surface area contributed by atoms with Gasteiger partial charge in [0.05, 0.1) is 0 Å². The van der Waals surface area contributed by atoms with Crippen LogP contribution in [0.1, 0.15) is 20.3 Å². The van der Waals surface area contributed by atoms with Gasteiger partial charge in [0.15, 0.2) is 5.16 Å². The van der Waals surface area contributed by atoms with Crippen LogP contribution in [0, 0.1) is 0 Å². The maximum Gasteiger partial charge on any atom is 0.343 e. The molecule has 1 aromatic heterocycles. The van der Waals surface area contributed by atoms with Gasteiger partial charge in [-0.05, 0) is 13.3 Å². The number of thioether (sulfide) groups is 1. The summed E-state index contributed by atoms with van der Waals surface area (Å²) in [7, 11) is 1.70. The molecule has 1 heterocycles. The highest BCUT2D eigenvalue weighted by Gasteiger charge is 2.11. The number of hydrogen-bond acceptors (Lipinski definition) is 4. The first kappa shape index (κ1) is 11.3. The van der Waals surface area contributed by atoms with Gasteiger partial charge >= 0.3 is 5.69 Å². The summed E-state index contributed by atoms with van der Waals surface area (Å²) in [4.78, 5) is 11.1. The summed E-state index contributed by atoms with van der Waals surface area (Å²) in [6.45, 7) is 4.05. The molecule has 0 amide bonds. The molecule has 6 heteroatoms. The van der Waals surface area contributed by atoms with Crippen LogP contribution in [-0.2, 0) is 7.05 Å². The van der Waals surface area contributed by atoms with Crippen LogP contribution in [0.2, 0.25) is 0 Å². The SMILES string of the molecule is CC(N)CC(C)Sc1n[nH]c(=O)n1C. The minimum Gasteiger partial charge on any atom is -0.328 e. The number of aromatic amines is 1. The fourth-order valence-corrected chi connectivity index (χ4v) is 2.29. The van der Waals surface area contributed by atoms with Crippen molar-refractivity contribution in [2.45, 2.75) is 36.7 Å². The Hall–Kier alpha value is -0.750. The van der Waals surface area contributed by atoms with E-state index < -0.39 is 0 Å². The van der Waals surface area contributed by atoms with Gasteiger partial charge in [0.1, 0.15) is 0 Å². The van der Waals surface area contributed by atoms with Crippen LogP contribution < -0.4 is 11.4 Å². The van der Waals surface area contributed by atoms with Gasteiger partial charge < -0.3 is 5.73 Å². The second-order valence-electron chi connectivity index (χ2n) is 3.51. The standard InChI is InChI=1S/C8H16N4OS/c1-5(9)4-6(2)14-8-11-10-7(13)12(8)3/h5-6H,4,9H2,1-3H3,(H,10,13). The topological polar surface area (TPSA) is 76.7 Å². The minimum absolute atomic E-state index is 0.175. The Morgan fingerprint density at radius 2 is 2.29 bits per heavy atom. The van der Waals surface area contributed by atoms with E-state index in [1.54, 1.807) is 18.8 Å². The van der Waals surface area contributed by atoms with Crippen molar-refractivity contribution in [2.24, 2.45) is 12.8 Å². The molecule has 0 aliphatic heterocycles. The second kappa shape index (κ2) is 4.65. The van der Waals surface area contributed by atoms with E-state index in [2.05, 4.69) is 17.1 Å². The normalized spacial score (nSPS) is 15.4. The molecule has 80 valence electrons. The van der Waals surface area contributed by atoms with Crippen LogP contribution in [0.3, 0.4) is 0 Å². The van der Waals surface area contributed by atoms with Crippen LogP contribution in [0.4, 0.5) is 0 Å². The van der Waals surface area contributed by atoms with E-state index in [9.17, 15) is 4.79 Å². The predicted octanol–water partition coefficient (Wildman–Crippen LogP) is 0.326. The molecule has 3 N–H and O–H groups in total. The van der Waals surface area contributed by atoms with Crippen molar-refractivity contribution in [2.75, 3.05) is 0 Å². The van der Waals surface area contributed by atoms with E-state index in [0.29, 0.717) is 10.4 Å². The molecule has 0 spiro atoms. The Morgan fingerprint density at radius 3 is 2.71 bits per heavy atom. The molecule has 2 unspecified atom stereocenters. The fraction of sp³-hybridized carbons (Fsp3) is 0.750. The summed E-state index contributed by atoms with van der Waals surface area (Å²) in [5.74, 6) is 0.